The first kappa shape index (κ1) is 19.2. The summed E-state index contributed by atoms with van der Waals surface area (Å²) in [5.41, 5.74) is -0.245. The highest BCUT2D eigenvalue weighted by Crippen LogP contribution is 2.40. The van der Waals surface area contributed by atoms with Gasteiger partial charge in [-0.2, -0.15) is 5.10 Å². The second-order valence-corrected chi connectivity index (χ2v) is 6.57. The third-order valence-electron chi connectivity index (χ3n) is 4.87. The van der Waals surface area contributed by atoms with Crippen molar-refractivity contribution in [3.8, 4) is 0 Å². The van der Waals surface area contributed by atoms with Crippen LogP contribution in [0.2, 0.25) is 0 Å². The smallest absolute Gasteiger partial charge is 0.355 e. The molecule has 2 aromatic rings. The number of benzene rings is 2. The SMILES string of the molecule is CCOC(=O)C1=NN(c2ccccc2)[C@@H]2C(=O)N(c3ccccc3[N+](=O)[O-])C(=O)[C@H]12. The van der Waals surface area contributed by atoms with E-state index in [2.05, 4.69) is 5.10 Å². The van der Waals surface area contributed by atoms with E-state index in [1.54, 1.807) is 37.3 Å². The van der Waals surface area contributed by atoms with E-state index in [0.717, 1.165) is 4.90 Å². The first-order valence-electron chi connectivity index (χ1n) is 9.16. The zero-order chi connectivity index (χ0) is 21.4. The van der Waals surface area contributed by atoms with Crippen LogP contribution in [0.5, 0.6) is 0 Å². The number of carbonyl (C=O) groups is 3. The van der Waals surface area contributed by atoms with Crippen LogP contribution in [-0.4, -0.2) is 41.1 Å². The van der Waals surface area contributed by atoms with Crippen LogP contribution in [0.25, 0.3) is 0 Å². The Morgan fingerprint density at radius 1 is 1.10 bits per heavy atom. The number of para-hydroxylation sites is 3. The monoisotopic (exact) mass is 408 g/mol. The van der Waals surface area contributed by atoms with Crippen molar-refractivity contribution < 1.29 is 24.0 Å². The lowest BCUT2D eigenvalue weighted by Crippen LogP contribution is -2.39. The predicted octanol–water partition coefficient (Wildman–Crippen LogP) is 1.89. The Balaban J connectivity index is 1.83. The fourth-order valence-corrected chi connectivity index (χ4v) is 3.63. The average molecular weight is 408 g/mol. The Bertz CT molecular complexity index is 1080. The number of carbonyl (C=O) groups excluding carboxylic acids is 3. The number of hydrazone groups is 1. The number of ether oxygens (including phenoxy) is 1. The largest absolute Gasteiger partial charge is 0.461 e. The normalized spacial score (nSPS) is 20.2. The van der Waals surface area contributed by atoms with Crippen LogP contribution in [0, 0.1) is 16.0 Å². The molecule has 2 heterocycles. The van der Waals surface area contributed by atoms with Gasteiger partial charge in [0.1, 0.15) is 17.6 Å². The number of hydrogen-bond acceptors (Lipinski definition) is 8. The third kappa shape index (κ3) is 2.89. The molecule has 2 aliphatic heterocycles. The van der Waals surface area contributed by atoms with Gasteiger partial charge in [0.2, 0.25) is 5.91 Å². The van der Waals surface area contributed by atoms with E-state index < -0.39 is 34.7 Å². The quantitative estimate of drug-likeness (QED) is 0.320. The molecule has 2 amide bonds. The molecule has 0 radical (unpaired) electrons. The summed E-state index contributed by atoms with van der Waals surface area (Å²) >= 11 is 0. The zero-order valence-electron chi connectivity index (χ0n) is 15.8. The van der Waals surface area contributed by atoms with Gasteiger partial charge in [-0.15, -0.1) is 0 Å². The second kappa shape index (κ2) is 7.39. The molecule has 0 aliphatic carbocycles. The second-order valence-electron chi connectivity index (χ2n) is 6.57. The topological polar surface area (TPSA) is 122 Å². The maximum absolute atomic E-state index is 13.3. The number of anilines is 2. The van der Waals surface area contributed by atoms with Crippen molar-refractivity contribution in [2.45, 2.75) is 13.0 Å². The predicted molar refractivity (Wildman–Crippen MR) is 106 cm³/mol. The summed E-state index contributed by atoms with van der Waals surface area (Å²) < 4.78 is 5.02. The highest BCUT2D eigenvalue weighted by Gasteiger charge is 2.59. The first-order chi connectivity index (χ1) is 14.5. The number of nitro groups is 1. The highest BCUT2D eigenvalue weighted by atomic mass is 16.6. The van der Waals surface area contributed by atoms with Gasteiger partial charge in [-0.05, 0) is 25.1 Å². The molecule has 0 N–H and O–H groups in total. The summed E-state index contributed by atoms with van der Waals surface area (Å²) in [7, 11) is 0. The Hall–Kier alpha value is -4.08. The van der Waals surface area contributed by atoms with E-state index in [9.17, 15) is 24.5 Å². The summed E-state index contributed by atoms with van der Waals surface area (Å²) in [6.07, 6.45) is 0. The summed E-state index contributed by atoms with van der Waals surface area (Å²) in [5.74, 6) is -3.50. The molecule has 30 heavy (non-hydrogen) atoms. The average Bonchev–Trinajstić information content (AvgIpc) is 3.26. The van der Waals surface area contributed by atoms with Crippen molar-refractivity contribution in [2.75, 3.05) is 16.5 Å². The van der Waals surface area contributed by atoms with Crippen LogP contribution in [0.3, 0.4) is 0 Å². The summed E-state index contributed by atoms with van der Waals surface area (Å²) in [5, 5.41) is 16.9. The molecule has 152 valence electrons. The minimum absolute atomic E-state index is 0.0661. The van der Waals surface area contributed by atoms with Crippen molar-refractivity contribution in [2.24, 2.45) is 11.0 Å². The van der Waals surface area contributed by atoms with Gasteiger partial charge in [0, 0.05) is 6.07 Å². The van der Waals surface area contributed by atoms with Crippen molar-refractivity contribution in [3.63, 3.8) is 0 Å². The van der Waals surface area contributed by atoms with Crippen molar-refractivity contribution in [3.05, 3.63) is 64.7 Å². The van der Waals surface area contributed by atoms with Gasteiger partial charge in [0.15, 0.2) is 5.71 Å². The highest BCUT2D eigenvalue weighted by molar-refractivity contribution is 6.47. The lowest BCUT2D eigenvalue weighted by molar-refractivity contribution is -0.384. The molecule has 2 aromatic carbocycles. The van der Waals surface area contributed by atoms with E-state index in [-0.39, 0.29) is 23.7 Å². The van der Waals surface area contributed by atoms with Crippen molar-refractivity contribution >= 4 is 40.6 Å². The number of nitrogens with zero attached hydrogens (tertiary/aromatic N) is 4. The van der Waals surface area contributed by atoms with Gasteiger partial charge in [0.05, 0.1) is 17.2 Å². The lowest BCUT2D eigenvalue weighted by atomic mass is 9.98. The van der Waals surface area contributed by atoms with E-state index in [1.807, 2.05) is 0 Å². The fourth-order valence-electron chi connectivity index (χ4n) is 3.63. The molecule has 1 fully saturated rings. The number of imide groups is 1. The Morgan fingerprint density at radius 3 is 2.43 bits per heavy atom. The maximum atomic E-state index is 13.3. The first-order valence-corrected chi connectivity index (χ1v) is 9.16. The van der Waals surface area contributed by atoms with Crippen molar-refractivity contribution in [1.29, 1.82) is 0 Å². The molecule has 2 aliphatic rings. The summed E-state index contributed by atoms with van der Waals surface area (Å²) in [6, 6.07) is 12.9. The molecule has 1 saturated heterocycles. The number of amides is 2. The molecule has 10 heteroatoms. The van der Waals surface area contributed by atoms with E-state index in [1.165, 1.54) is 29.3 Å². The van der Waals surface area contributed by atoms with Gasteiger partial charge in [-0.25, -0.2) is 9.69 Å². The minimum atomic E-state index is -1.23. The molecule has 0 saturated carbocycles. The van der Waals surface area contributed by atoms with Gasteiger partial charge < -0.3 is 4.74 Å². The summed E-state index contributed by atoms with van der Waals surface area (Å²) in [6.45, 7) is 1.68. The number of fused-ring (bicyclic) bond motifs is 1. The minimum Gasteiger partial charge on any atom is -0.461 e. The molecule has 0 spiro atoms. The Labute approximate surface area is 170 Å². The van der Waals surface area contributed by atoms with Crippen LogP contribution in [0.1, 0.15) is 6.92 Å². The molecule has 2 atom stereocenters. The standard InChI is InChI=1S/C20H16N4O6/c1-2-30-20(27)16-15-17(23(21-16)12-8-4-3-5-9-12)19(26)22(18(15)25)13-10-6-7-11-14(13)24(28)29/h3-11,15,17H,2H2,1H3/t15-,17+/m1/s1. The van der Waals surface area contributed by atoms with E-state index in [0.29, 0.717) is 5.69 Å². The molecule has 0 unspecified atom stereocenters. The van der Waals surface area contributed by atoms with Crippen LogP contribution >= 0.6 is 0 Å². The molecular weight excluding hydrogens is 392 g/mol. The van der Waals surface area contributed by atoms with Crippen LogP contribution in [0.15, 0.2) is 59.7 Å². The number of esters is 1. The molecular formula is C20H16N4O6. The molecule has 10 nitrogen and oxygen atoms in total. The number of nitro benzene ring substituents is 1. The molecule has 4 rings (SSSR count). The van der Waals surface area contributed by atoms with Crippen molar-refractivity contribution in [1.82, 2.24) is 0 Å². The van der Waals surface area contributed by atoms with Gasteiger partial charge in [-0.1, -0.05) is 30.3 Å². The van der Waals surface area contributed by atoms with Crippen LogP contribution in [-0.2, 0) is 19.1 Å². The zero-order valence-corrected chi connectivity index (χ0v) is 15.8. The third-order valence-corrected chi connectivity index (χ3v) is 4.87. The van der Waals surface area contributed by atoms with Gasteiger partial charge in [-0.3, -0.25) is 24.7 Å². The molecule has 0 bridgehead atoms. The van der Waals surface area contributed by atoms with E-state index >= 15 is 0 Å². The number of rotatable bonds is 5. The maximum Gasteiger partial charge on any atom is 0.355 e. The Morgan fingerprint density at radius 2 is 1.77 bits per heavy atom. The van der Waals surface area contributed by atoms with Gasteiger partial charge in [0.25, 0.3) is 11.6 Å². The van der Waals surface area contributed by atoms with E-state index in [4.69, 9.17) is 4.74 Å². The fraction of sp³-hybridized carbons (Fsp3) is 0.200. The summed E-state index contributed by atoms with van der Waals surface area (Å²) in [4.78, 5) is 50.5. The lowest BCUT2D eigenvalue weighted by Gasteiger charge is -2.21. The van der Waals surface area contributed by atoms with Crippen LogP contribution < -0.4 is 9.91 Å². The Kier molecular flexibility index (Phi) is 4.74. The number of hydrogen-bond donors (Lipinski definition) is 0. The van der Waals surface area contributed by atoms with Crippen LogP contribution in [0.4, 0.5) is 17.1 Å². The molecule has 0 aromatic heterocycles. The van der Waals surface area contributed by atoms with Gasteiger partial charge >= 0.3 is 5.97 Å².